The van der Waals surface area contributed by atoms with Crippen LogP contribution in [-0.4, -0.2) is 64.4 Å². The zero-order valence-corrected chi connectivity index (χ0v) is 25.4. The SMILES string of the molecule is C#C/C=C\N=C(/C)CN(c1cc(OC)cc(OC)c1F)C(C)/N=C(/C=C(C)/C(C=C)=C/N(C)C)C(=C/CC)\NC. The van der Waals surface area contributed by atoms with Gasteiger partial charge in [0.1, 0.15) is 11.9 Å². The normalized spacial score (nSPS) is 14.1. The Kier molecular flexibility index (Phi) is 14.7. The first-order chi connectivity index (χ1) is 19.1. The maximum absolute atomic E-state index is 15.7. The van der Waals surface area contributed by atoms with Gasteiger partial charge in [-0.05, 0) is 44.4 Å². The second-order valence-corrected chi connectivity index (χ2v) is 9.14. The number of anilines is 1. The van der Waals surface area contributed by atoms with Gasteiger partial charge in [-0.3, -0.25) is 9.98 Å². The fraction of sp³-hybridized carbons (Fsp3) is 0.375. The lowest BCUT2D eigenvalue weighted by molar-refractivity contribution is 0.373. The lowest BCUT2D eigenvalue weighted by Gasteiger charge is -2.30. The van der Waals surface area contributed by atoms with Crippen LogP contribution < -0.4 is 19.7 Å². The molecule has 1 atom stereocenters. The fourth-order valence-corrected chi connectivity index (χ4v) is 3.82. The van der Waals surface area contributed by atoms with Gasteiger partial charge in [-0.15, -0.1) is 6.42 Å². The van der Waals surface area contributed by atoms with E-state index < -0.39 is 12.0 Å². The zero-order valence-electron chi connectivity index (χ0n) is 25.4. The van der Waals surface area contributed by atoms with Crippen LogP contribution in [0.1, 0.15) is 34.1 Å². The number of hydrogen-bond acceptors (Lipinski definition) is 7. The molecule has 0 saturated carbocycles. The average molecular weight is 550 g/mol. The minimum atomic E-state index is -0.522. The Morgan fingerprint density at radius 2 is 1.95 bits per heavy atom. The van der Waals surface area contributed by atoms with E-state index in [1.807, 2.05) is 70.1 Å². The Hall–Kier alpha value is -4.25. The van der Waals surface area contributed by atoms with Crippen LogP contribution in [0.3, 0.4) is 0 Å². The molecule has 1 rings (SSSR count). The Morgan fingerprint density at radius 1 is 1.25 bits per heavy atom. The lowest BCUT2D eigenvalue weighted by atomic mass is 10.1. The second-order valence-electron chi connectivity index (χ2n) is 9.14. The number of allylic oxidation sites excluding steroid dienone is 6. The molecule has 216 valence electrons. The highest BCUT2D eigenvalue weighted by Crippen LogP contribution is 2.34. The monoisotopic (exact) mass is 549 g/mol. The molecule has 7 nitrogen and oxygen atoms in total. The van der Waals surface area contributed by atoms with Gasteiger partial charge in [0.2, 0.25) is 0 Å². The second kappa shape index (κ2) is 17.4. The summed E-state index contributed by atoms with van der Waals surface area (Å²) in [7, 11) is 8.72. The maximum atomic E-state index is 15.7. The van der Waals surface area contributed by atoms with Crippen LogP contribution in [0.4, 0.5) is 10.1 Å². The third-order valence-corrected chi connectivity index (χ3v) is 5.78. The molecule has 0 bridgehead atoms. The van der Waals surface area contributed by atoms with E-state index in [0.29, 0.717) is 17.2 Å². The number of methoxy groups -OCH3 is 2. The first-order valence-electron chi connectivity index (χ1n) is 13.0. The van der Waals surface area contributed by atoms with Gasteiger partial charge in [-0.25, -0.2) is 4.39 Å². The van der Waals surface area contributed by atoms with Crippen LogP contribution in [-0.2, 0) is 0 Å². The molecule has 1 aromatic rings. The van der Waals surface area contributed by atoms with Crippen LogP contribution in [0, 0.1) is 18.2 Å². The Balaban J connectivity index is 3.90. The summed E-state index contributed by atoms with van der Waals surface area (Å²) in [5.41, 5.74) is 4.48. The standard InChI is InChI=1S/C32H44FN5O2/c1-12-15-17-35-24(5)21-38(30-19-27(39-10)20-31(40-11)32(30)33)25(6)36-29(28(34-7)16-13-2)18-23(4)26(14-3)22-37(8)9/h1,14-20,22,25,34H,3,13,21H2,2,4-11H3/b17-15-,23-18+,26-22+,28-16+,35-24+,36-29-. The summed E-state index contributed by atoms with van der Waals surface area (Å²) in [5, 5.41) is 3.26. The van der Waals surface area contributed by atoms with Gasteiger partial charge in [0.25, 0.3) is 0 Å². The molecule has 0 radical (unpaired) electrons. The predicted molar refractivity (Wildman–Crippen MR) is 168 cm³/mol. The average Bonchev–Trinajstić information content (AvgIpc) is 2.93. The summed E-state index contributed by atoms with van der Waals surface area (Å²) in [5.74, 6) is 2.42. The number of benzene rings is 1. The van der Waals surface area contributed by atoms with Crippen molar-refractivity contribution in [2.45, 2.75) is 40.3 Å². The number of aliphatic imine (C=N–C) groups is 2. The fourth-order valence-electron chi connectivity index (χ4n) is 3.82. The minimum absolute atomic E-state index is 0.0690. The summed E-state index contributed by atoms with van der Waals surface area (Å²) >= 11 is 0. The predicted octanol–water partition coefficient (Wildman–Crippen LogP) is 6.14. The van der Waals surface area contributed by atoms with Crippen molar-refractivity contribution in [3.63, 3.8) is 0 Å². The number of ether oxygens (including phenoxy) is 2. The minimum Gasteiger partial charge on any atom is -0.497 e. The number of rotatable bonds is 15. The molecule has 0 fully saturated rings. The van der Waals surface area contributed by atoms with E-state index in [4.69, 9.17) is 20.9 Å². The van der Waals surface area contributed by atoms with Crippen LogP contribution in [0.25, 0.3) is 0 Å². The third-order valence-electron chi connectivity index (χ3n) is 5.78. The van der Waals surface area contributed by atoms with Crippen LogP contribution >= 0.6 is 0 Å². The highest BCUT2D eigenvalue weighted by molar-refractivity contribution is 6.09. The maximum Gasteiger partial charge on any atom is 0.188 e. The van der Waals surface area contributed by atoms with Crippen molar-refractivity contribution in [1.82, 2.24) is 10.2 Å². The zero-order chi connectivity index (χ0) is 30.2. The molecular formula is C32H44FN5O2. The molecule has 40 heavy (non-hydrogen) atoms. The molecule has 0 amide bonds. The van der Waals surface area contributed by atoms with E-state index in [-0.39, 0.29) is 18.0 Å². The van der Waals surface area contributed by atoms with Crippen LogP contribution in [0.5, 0.6) is 11.5 Å². The molecule has 0 aromatic heterocycles. The van der Waals surface area contributed by atoms with E-state index in [1.54, 1.807) is 12.3 Å². The molecule has 0 spiro atoms. The number of nitrogens with one attached hydrogen (secondary N) is 1. The molecule has 0 saturated heterocycles. The van der Waals surface area contributed by atoms with E-state index in [0.717, 1.165) is 23.3 Å². The topological polar surface area (TPSA) is 61.7 Å². The smallest absolute Gasteiger partial charge is 0.188 e. The summed E-state index contributed by atoms with van der Waals surface area (Å²) in [6.07, 6.45) is 16.5. The Labute approximate surface area is 240 Å². The number of halogens is 1. The molecule has 0 aliphatic carbocycles. The van der Waals surface area contributed by atoms with E-state index in [2.05, 4.69) is 35.8 Å². The van der Waals surface area contributed by atoms with Gasteiger partial charge in [-0.1, -0.05) is 31.6 Å². The highest BCUT2D eigenvalue weighted by Gasteiger charge is 2.23. The van der Waals surface area contributed by atoms with Gasteiger partial charge in [-0.2, -0.15) is 0 Å². The quantitative estimate of drug-likeness (QED) is 0.162. The van der Waals surface area contributed by atoms with Gasteiger partial charge in [0, 0.05) is 57.5 Å². The van der Waals surface area contributed by atoms with Crippen LogP contribution in [0.15, 0.2) is 82.2 Å². The van der Waals surface area contributed by atoms with Crippen molar-refractivity contribution in [3.8, 4) is 23.8 Å². The first kappa shape index (κ1) is 33.8. The van der Waals surface area contributed by atoms with Gasteiger partial charge in [0.15, 0.2) is 11.6 Å². The molecule has 8 heteroatoms. The molecule has 0 heterocycles. The van der Waals surface area contributed by atoms with Crippen molar-refractivity contribution in [2.24, 2.45) is 9.98 Å². The molecule has 0 aliphatic heterocycles. The Bertz CT molecular complexity index is 1230. The molecule has 1 N–H and O–H groups in total. The van der Waals surface area contributed by atoms with Gasteiger partial charge in [0.05, 0.1) is 37.9 Å². The summed E-state index contributed by atoms with van der Waals surface area (Å²) in [6, 6.07) is 3.14. The molecule has 0 aliphatic rings. The van der Waals surface area contributed by atoms with E-state index in [1.165, 1.54) is 26.4 Å². The van der Waals surface area contributed by atoms with Crippen molar-refractivity contribution in [1.29, 1.82) is 0 Å². The van der Waals surface area contributed by atoms with Crippen molar-refractivity contribution < 1.29 is 13.9 Å². The van der Waals surface area contributed by atoms with Gasteiger partial charge >= 0.3 is 0 Å². The largest absolute Gasteiger partial charge is 0.497 e. The summed E-state index contributed by atoms with van der Waals surface area (Å²) in [6.45, 7) is 12.1. The van der Waals surface area contributed by atoms with Crippen molar-refractivity contribution in [3.05, 3.63) is 78.1 Å². The van der Waals surface area contributed by atoms with Crippen molar-refractivity contribution in [2.75, 3.05) is 46.8 Å². The Morgan fingerprint density at radius 3 is 2.48 bits per heavy atom. The van der Waals surface area contributed by atoms with E-state index >= 15 is 4.39 Å². The number of nitrogens with zero attached hydrogens (tertiary/aromatic N) is 4. The molecule has 1 unspecified atom stereocenters. The highest BCUT2D eigenvalue weighted by atomic mass is 19.1. The summed E-state index contributed by atoms with van der Waals surface area (Å²) < 4.78 is 26.5. The van der Waals surface area contributed by atoms with Gasteiger partial charge < -0.3 is 24.6 Å². The third kappa shape index (κ3) is 10.1. The number of hydrogen-bond donors (Lipinski definition) is 1. The number of terminal acetylenes is 1. The first-order valence-corrected chi connectivity index (χ1v) is 13.0. The molecule has 1 aromatic carbocycles. The lowest BCUT2D eigenvalue weighted by Crippen LogP contribution is -2.37. The summed E-state index contributed by atoms with van der Waals surface area (Å²) in [4.78, 5) is 13.3. The van der Waals surface area contributed by atoms with Crippen LogP contribution in [0.2, 0.25) is 0 Å². The van der Waals surface area contributed by atoms with Crippen molar-refractivity contribution >= 4 is 17.1 Å². The molecular weight excluding hydrogens is 505 g/mol. The van der Waals surface area contributed by atoms with E-state index in [9.17, 15) is 0 Å².